The number of ether oxygens (including phenoxy) is 4. The van der Waals surface area contributed by atoms with Crippen molar-refractivity contribution in [2.75, 3.05) is 11.9 Å². The second-order valence-electron chi connectivity index (χ2n) is 8.31. The van der Waals surface area contributed by atoms with Gasteiger partial charge < -0.3 is 29.4 Å². The number of aromatic nitrogens is 4. The molecule has 4 rings (SSSR count). The van der Waals surface area contributed by atoms with Crippen molar-refractivity contribution in [2.24, 2.45) is 0 Å². The average molecular weight is 477 g/mol. The van der Waals surface area contributed by atoms with Gasteiger partial charge in [-0.05, 0) is 19.3 Å². The maximum atomic E-state index is 11.9. The van der Waals surface area contributed by atoms with E-state index in [1.807, 2.05) is 0 Å². The Balaban J connectivity index is 1.68. The molecule has 3 heterocycles. The Kier molecular flexibility index (Phi) is 6.93. The number of aliphatic hydroxyl groups excluding tert-OH is 1. The van der Waals surface area contributed by atoms with Crippen LogP contribution in [-0.2, 0) is 33.3 Å². The minimum atomic E-state index is -1.05. The van der Waals surface area contributed by atoms with Crippen LogP contribution in [0.15, 0.2) is 12.7 Å². The van der Waals surface area contributed by atoms with Gasteiger partial charge in [-0.3, -0.25) is 19.0 Å². The van der Waals surface area contributed by atoms with E-state index in [1.54, 1.807) is 4.57 Å². The third kappa shape index (κ3) is 4.94. The Labute approximate surface area is 194 Å². The highest BCUT2D eigenvalue weighted by atomic mass is 16.7. The lowest BCUT2D eigenvalue weighted by molar-refractivity contribution is -0.166. The molecule has 2 fully saturated rings. The molecule has 1 saturated carbocycles. The van der Waals surface area contributed by atoms with E-state index < -0.39 is 48.6 Å². The Morgan fingerprint density at radius 2 is 1.82 bits per heavy atom. The van der Waals surface area contributed by atoms with Crippen LogP contribution in [0, 0.1) is 0 Å². The first-order valence-corrected chi connectivity index (χ1v) is 11.0. The maximum absolute atomic E-state index is 11.9. The second-order valence-corrected chi connectivity index (χ2v) is 8.31. The summed E-state index contributed by atoms with van der Waals surface area (Å²) in [7, 11) is 0. The number of aliphatic hydroxyl groups is 1. The van der Waals surface area contributed by atoms with Crippen molar-refractivity contribution >= 4 is 34.9 Å². The molecule has 1 aliphatic heterocycles. The highest BCUT2D eigenvalue weighted by Crippen LogP contribution is 2.36. The monoisotopic (exact) mass is 477 g/mol. The number of hydrogen-bond donors (Lipinski definition) is 2. The summed E-state index contributed by atoms with van der Waals surface area (Å²) in [5.41, 5.74) is 0.807. The highest BCUT2D eigenvalue weighted by molar-refractivity contribution is 5.83. The minimum absolute atomic E-state index is 0.152. The molecule has 1 aliphatic carbocycles. The summed E-state index contributed by atoms with van der Waals surface area (Å²) in [6, 6.07) is -0.152. The highest BCUT2D eigenvalue weighted by Gasteiger charge is 2.51. The van der Waals surface area contributed by atoms with Crippen LogP contribution in [0.3, 0.4) is 0 Å². The summed E-state index contributed by atoms with van der Waals surface area (Å²) in [5, 5.41) is 13.4. The molecular formula is C21H27N5O8. The first kappa shape index (κ1) is 23.8. The smallest absolute Gasteiger partial charge is 0.303 e. The van der Waals surface area contributed by atoms with Crippen molar-refractivity contribution in [2.45, 2.75) is 76.7 Å². The van der Waals surface area contributed by atoms with Gasteiger partial charge in [0, 0.05) is 20.8 Å². The Bertz CT molecular complexity index is 1070. The van der Waals surface area contributed by atoms with E-state index in [-0.39, 0.29) is 12.6 Å². The molecule has 2 aromatic rings. The number of carbonyl (C=O) groups excluding carboxylic acids is 3. The topological polar surface area (TPSA) is 164 Å². The second kappa shape index (κ2) is 9.89. The number of rotatable bonds is 7. The van der Waals surface area contributed by atoms with Crippen molar-refractivity contribution in [3.8, 4) is 0 Å². The molecular weight excluding hydrogens is 450 g/mol. The predicted molar refractivity (Wildman–Crippen MR) is 114 cm³/mol. The number of anilines is 1. The van der Waals surface area contributed by atoms with Gasteiger partial charge in [-0.2, -0.15) is 0 Å². The number of esters is 3. The van der Waals surface area contributed by atoms with Crippen LogP contribution in [-0.4, -0.2) is 79.6 Å². The molecule has 0 unspecified atom stereocenters. The van der Waals surface area contributed by atoms with Gasteiger partial charge in [0.2, 0.25) is 0 Å². The van der Waals surface area contributed by atoms with Gasteiger partial charge >= 0.3 is 17.9 Å². The zero-order valence-corrected chi connectivity index (χ0v) is 19.0. The lowest BCUT2D eigenvalue weighted by Gasteiger charge is -2.23. The van der Waals surface area contributed by atoms with Gasteiger partial charge in [-0.1, -0.05) is 0 Å². The molecule has 6 atom stereocenters. The van der Waals surface area contributed by atoms with Gasteiger partial charge in [-0.25, -0.2) is 15.0 Å². The number of fused-ring (bicyclic) bond motifs is 1. The van der Waals surface area contributed by atoms with Gasteiger partial charge in [0.1, 0.15) is 19.0 Å². The average Bonchev–Trinajstić information content (AvgIpc) is 3.45. The summed E-state index contributed by atoms with van der Waals surface area (Å²) < 4.78 is 23.5. The molecule has 1 saturated heterocycles. The van der Waals surface area contributed by atoms with Crippen LogP contribution in [0.2, 0.25) is 0 Å². The molecule has 184 valence electrons. The van der Waals surface area contributed by atoms with E-state index in [0.717, 1.165) is 12.8 Å². The van der Waals surface area contributed by atoms with Crippen molar-refractivity contribution in [3.63, 3.8) is 0 Å². The molecule has 2 N–H and O–H groups in total. The fourth-order valence-corrected chi connectivity index (χ4v) is 4.34. The molecule has 2 aliphatic rings. The van der Waals surface area contributed by atoms with Crippen molar-refractivity contribution in [3.05, 3.63) is 12.7 Å². The third-order valence-electron chi connectivity index (χ3n) is 5.77. The van der Waals surface area contributed by atoms with Crippen molar-refractivity contribution in [1.29, 1.82) is 0 Å². The van der Waals surface area contributed by atoms with Crippen LogP contribution in [0.5, 0.6) is 0 Å². The van der Waals surface area contributed by atoms with Crippen LogP contribution in [0.4, 0.5) is 5.82 Å². The fourth-order valence-electron chi connectivity index (χ4n) is 4.34. The van der Waals surface area contributed by atoms with Crippen LogP contribution >= 0.6 is 0 Å². The number of hydrogen-bond acceptors (Lipinski definition) is 12. The molecule has 13 heteroatoms. The largest absolute Gasteiger partial charge is 0.463 e. The van der Waals surface area contributed by atoms with Gasteiger partial charge in [-0.15, -0.1) is 0 Å². The zero-order chi connectivity index (χ0) is 24.4. The van der Waals surface area contributed by atoms with Crippen molar-refractivity contribution < 1.29 is 38.4 Å². The SMILES string of the molecule is CC(=O)OC[C@H]1O[C@@H](n2cnc3c(N[C@H]4CCC[C@H]4O)ncnc32)[C@H](OC(C)=O)[C@@H]1OC(C)=O. The first-order chi connectivity index (χ1) is 16.2. The quantitative estimate of drug-likeness (QED) is 0.419. The molecule has 0 spiro atoms. The van der Waals surface area contributed by atoms with Crippen LogP contribution < -0.4 is 5.32 Å². The molecule has 34 heavy (non-hydrogen) atoms. The minimum Gasteiger partial charge on any atom is -0.463 e. The van der Waals surface area contributed by atoms with Crippen molar-refractivity contribution in [1.82, 2.24) is 19.5 Å². The van der Waals surface area contributed by atoms with E-state index in [1.165, 1.54) is 33.4 Å². The zero-order valence-electron chi connectivity index (χ0n) is 19.0. The number of nitrogens with zero attached hydrogens (tertiary/aromatic N) is 4. The molecule has 0 bridgehead atoms. The lowest BCUT2D eigenvalue weighted by Crippen LogP contribution is -2.40. The van der Waals surface area contributed by atoms with Gasteiger partial charge in [0.05, 0.1) is 18.5 Å². The molecule has 0 radical (unpaired) electrons. The maximum Gasteiger partial charge on any atom is 0.303 e. The third-order valence-corrected chi connectivity index (χ3v) is 5.77. The Hall–Kier alpha value is -3.32. The number of carbonyl (C=O) groups is 3. The van der Waals surface area contributed by atoms with E-state index in [9.17, 15) is 19.5 Å². The number of nitrogens with one attached hydrogen (secondary N) is 1. The predicted octanol–water partition coefficient (Wildman–Crippen LogP) is 0.475. The normalized spacial score (nSPS) is 28.6. The van der Waals surface area contributed by atoms with Gasteiger partial charge in [0.25, 0.3) is 0 Å². The van der Waals surface area contributed by atoms with Gasteiger partial charge in [0.15, 0.2) is 35.4 Å². The van der Waals surface area contributed by atoms with E-state index >= 15 is 0 Å². The summed E-state index contributed by atoms with van der Waals surface area (Å²) >= 11 is 0. The molecule has 2 aromatic heterocycles. The van der Waals surface area contributed by atoms with E-state index in [2.05, 4.69) is 20.3 Å². The number of imidazole rings is 1. The van der Waals surface area contributed by atoms with E-state index in [4.69, 9.17) is 18.9 Å². The molecule has 13 nitrogen and oxygen atoms in total. The van der Waals surface area contributed by atoms with Crippen LogP contribution in [0.25, 0.3) is 11.2 Å². The van der Waals surface area contributed by atoms with Crippen LogP contribution in [0.1, 0.15) is 46.3 Å². The fraction of sp³-hybridized carbons (Fsp3) is 0.619. The summed E-state index contributed by atoms with van der Waals surface area (Å²) in [6.07, 6.45) is 0.783. The summed E-state index contributed by atoms with van der Waals surface area (Å²) in [5.74, 6) is -1.31. The Morgan fingerprint density at radius 3 is 2.47 bits per heavy atom. The molecule has 0 amide bonds. The first-order valence-electron chi connectivity index (χ1n) is 11.0. The molecule has 0 aromatic carbocycles. The summed E-state index contributed by atoms with van der Waals surface area (Å²) in [4.78, 5) is 48.0. The summed E-state index contributed by atoms with van der Waals surface area (Å²) in [6.45, 7) is 3.48. The van der Waals surface area contributed by atoms with E-state index in [0.29, 0.717) is 23.4 Å². The standard InChI is InChI=1S/C21H27N5O8/c1-10(27)31-7-15-17(32-11(2)28)18(33-12(3)29)21(34-15)26-9-24-16-19(22-8-23-20(16)26)25-13-5-4-6-14(13)30/h8-9,13-15,17-18,21,30H,4-7H2,1-3H3,(H,22,23,25)/t13-,14+,15+,17+,18+,21+/m0/s1. The lowest BCUT2D eigenvalue weighted by atomic mass is 10.1. The Morgan fingerprint density at radius 1 is 1.09 bits per heavy atom.